The summed E-state index contributed by atoms with van der Waals surface area (Å²) in [5.74, 6) is 0. The average molecular weight is 232 g/mol. The lowest BCUT2D eigenvalue weighted by Gasteiger charge is -2.02. The second-order valence-electron chi connectivity index (χ2n) is 4.31. The van der Waals surface area contributed by atoms with Crippen LogP contribution in [-0.2, 0) is 0 Å². The summed E-state index contributed by atoms with van der Waals surface area (Å²) < 4.78 is 0. The maximum atomic E-state index is 2.33. The molecule has 0 aromatic rings. The highest BCUT2D eigenvalue weighted by Gasteiger charge is 1.93. The van der Waals surface area contributed by atoms with Crippen molar-refractivity contribution in [3.63, 3.8) is 0 Å². The molecule has 0 aromatic carbocycles. The predicted octanol–water partition coefficient (Wildman–Crippen LogP) is 5.98. The Hall–Kier alpha value is -1.04. The first-order valence-electron chi connectivity index (χ1n) is 6.92. The molecule has 0 bridgehead atoms. The Morgan fingerprint density at radius 2 is 1.47 bits per heavy atom. The predicted molar refractivity (Wildman–Crippen MR) is 80.2 cm³/mol. The quantitative estimate of drug-likeness (QED) is 0.473. The van der Waals surface area contributed by atoms with E-state index in [9.17, 15) is 0 Å². The Balaban J connectivity index is 4.93. The van der Waals surface area contributed by atoms with Gasteiger partial charge in [0, 0.05) is 0 Å². The Morgan fingerprint density at radius 3 is 1.94 bits per heavy atom. The summed E-state index contributed by atoms with van der Waals surface area (Å²) in [6.45, 7) is 11.0. The molecule has 0 aromatic heterocycles. The van der Waals surface area contributed by atoms with Crippen molar-refractivity contribution in [2.24, 2.45) is 0 Å². The zero-order valence-electron chi connectivity index (χ0n) is 12.2. The molecule has 0 aliphatic rings. The van der Waals surface area contributed by atoms with Gasteiger partial charge in [0.25, 0.3) is 0 Å². The van der Waals surface area contributed by atoms with Gasteiger partial charge in [0.15, 0.2) is 0 Å². The molecule has 0 saturated carbocycles. The van der Waals surface area contributed by atoms with Crippen LogP contribution in [0.4, 0.5) is 0 Å². The summed E-state index contributed by atoms with van der Waals surface area (Å²) in [5.41, 5.74) is 4.21. The number of hydrogen-bond donors (Lipinski definition) is 0. The smallest absolute Gasteiger partial charge is 0.0307 e. The van der Waals surface area contributed by atoms with Gasteiger partial charge in [0.05, 0.1) is 0 Å². The second kappa shape index (κ2) is 10.1. The first kappa shape index (κ1) is 16.0. The molecule has 0 aliphatic carbocycles. The van der Waals surface area contributed by atoms with E-state index >= 15 is 0 Å². The molecule has 0 unspecified atom stereocenters. The average Bonchev–Trinajstić information content (AvgIpc) is 2.33. The summed E-state index contributed by atoms with van der Waals surface area (Å²) in [4.78, 5) is 0. The molecular weight excluding hydrogens is 204 g/mol. The second-order valence-corrected chi connectivity index (χ2v) is 4.31. The van der Waals surface area contributed by atoms with E-state index in [4.69, 9.17) is 0 Å². The summed E-state index contributed by atoms with van der Waals surface area (Å²) >= 11 is 0. The van der Waals surface area contributed by atoms with Gasteiger partial charge < -0.3 is 0 Å². The molecule has 17 heavy (non-hydrogen) atoms. The lowest BCUT2D eigenvalue weighted by atomic mass is 10.0. The molecule has 0 amide bonds. The first-order chi connectivity index (χ1) is 8.17. The molecule has 0 fully saturated rings. The number of rotatable bonds is 7. The van der Waals surface area contributed by atoms with Crippen LogP contribution in [0.2, 0.25) is 0 Å². The van der Waals surface area contributed by atoms with Crippen LogP contribution in [0.5, 0.6) is 0 Å². The topological polar surface area (TPSA) is 0 Å². The van der Waals surface area contributed by atoms with Gasteiger partial charge in [-0.2, -0.15) is 0 Å². The lowest BCUT2D eigenvalue weighted by Crippen LogP contribution is -1.82. The first-order valence-corrected chi connectivity index (χ1v) is 6.92. The third-order valence-electron chi connectivity index (χ3n) is 2.69. The van der Waals surface area contributed by atoms with E-state index < -0.39 is 0 Å². The minimum absolute atomic E-state index is 1.10. The summed E-state index contributed by atoms with van der Waals surface area (Å²) in [7, 11) is 0. The molecule has 0 heterocycles. The minimum Gasteiger partial charge on any atom is -0.0845 e. The standard InChI is InChI=1S/C17H28/c1-6-10-12-16(8-3)14-17(9-4)13-15(5)11-7-2/h10-14H,6-9H2,1-5H3/b12-10+,15-11+,16-14+,17-13+. The van der Waals surface area contributed by atoms with Gasteiger partial charge in [0.2, 0.25) is 0 Å². The lowest BCUT2D eigenvalue weighted by molar-refractivity contribution is 1.09. The summed E-state index contributed by atoms with van der Waals surface area (Å²) in [6, 6.07) is 0. The summed E-state index contributed by atoms with van der Waals surface area (Å²) in [5, 5.41) is 0. The van der Waals surface area contributed by atoms with E-state index in [-0.39, 0.29) is 0 Å². The molecule has 0 heteroatoms. The fourth-order valence-electron chi connectivity index (χ4n) is 1.69. The molecule has 0 N–H and O–H groups in total. The van der Waals surface area contributed by atoms with Crippen LogP contribution in [0.15, 0.2) is 47.1 Å². The zero-order valence-corrected chi connectivity index (χ0v) is 12.2. The number of allylic oxidation sites excluding steroid dienone is 8. The number of hydrogen-bond acceptors (Lipinski definition) is 0. The van der Waals surface area contributed by atoms with E-state index in [2.05, 4.69) is 65.0 Å². The maximum Gasteiger partial charge on any atom is -0.0307 e. The highest BCUT2D eigenvalue weighted by atomic mass is 14.0. The fourth-order valence-corrected chi connectivity index (χ4v) is 1.69. The van der Waals surface area contributed by atoms with Crippen LogP contribution < -0.4 is 0 Å². The van der Waals surface area contributed by atoms with E-state index in [0.29, 0.717) is 0 Å². The van der Waals surface area contributed by atoms with Gasteiger partial charge in [-0.25, -0.2) is 0 Å². The molecule has 0 rings (SSSR count). The normalized spacial score (nSPS) is 14.8. The Kier molecular flexibility index (Phi) is 9.52. The molecule has 0 saturated heterocycles. The van der Waals surface area contributed by atoms with Crippen molar-refractivity contribution in [1.82, 2.24) is 0 Å². The van der Waals surface area contributed by atoms with E-state index in [1.807, 2.05) is 0 Å². The van der Waals surface area contributed by atoms with Crippen molar-refractivity contribution in [3.05, 3.63) is 47.1 Å². The molecule has 0 aliphatic heterocycles. The molecule has 0 spiro atoms. The molecule has 0 nitrogen and oxygen atoms in total. The molecular formula is C17H28. The van der Waals surface area contributed by atoms with Crippen LogP contribution in [-0.4, -0.2) is 0 Å². The van der Waals surface area contributed by atoms with Crippen molar-refractivity contribution in [1.29, 1.82) is 0 Å². The van der Waals surface area contributed by atoms with E-state index in [1.54, 1.807) is 0 Å². The van der Waals surface area contributed by atoms with Gasteiger partial charge >= 0.3 is 0 Å². The summed E-state index contributed by atoms with van der Waals surface area (Å²) in [6.07, 6.45) is 15.8. The van der Waals surface area contributed by atoms with Crippen molar-refractivity contribution >= 4 is 0 Å². The highest BCUT2D eigenvalue weighted by molar-refractivity contribution is 5.34. The van der Waals surface area contributed by atoms with E-state index in [0.717, 1.165) is 25.7 Å². The van der Waals surface area contributed by atoms with Crippen LogP contribution in [0.25, 0.3) is 0 Å². The Bertz CT molecular complexity index is 311. The van der Waals surface area contributed by atoms with Crippen molar-refractivity contribution in [3.8, 4) is 0 Å². The van der Waals surface area contributed by atoms with Crippen molar-refractivity contribution in [2.45, 2.75) is 60.3 Å². The van der Waals surface area contributed by atoms with Gasteiger partial charge in [-0.15, -0.1) is 0 Å². The zero-order chi connectivity index (χ0) is 13.1. The van der Waals surface area contributed by atoms with Crippen molar-refractivity contribution in [2.75, 3.05) is 0 Å². The minimum atomic E-state index is 1.10. The van der Waals surface area contributed by atoms with Gasteiger partial charge in [-0.05, 0) is 43.8 Å². The fraction of sp³-hybridized carbons (Fsp3) is 0.529. The van der Waals surface area contributed by atoms with Crippen molar-refractivity contribution < 1.29 is 0 Å². The third-order valence-corrected chi connectivity index (χ3v) is 2.69. The van der Waals surface area contributed by atoms with Crippen LogP contribution in [0.1, 0.15) is 60.3 Å². The monoisotopic (exact) mass is 232 g/mol. The van der Waals surface area contributed by atoms with Crippen LogP contribution in [0, 0.1) is 0 Å². The molecule has 0 radical (unpaired) electrons. The van der Waals surface area contributed by atoms with Crippen LogP contribution in [0.3, 0.4) is 0 Å². The third kappa shape index (κ3) is 7.79. The Labute approximate surface area is 108 Å². The van der Waals surface area contributed by atoms with Gasteiger partial charge in [-0.1, -0.05) is 63.6 Å². The molecule has 96 valence electrons. The molecule has 0 atom stereocenters. The SMILES string of the molecule is CC/C=C/C(=C/C(=C/C(C)=C/CC)CC)CC. The maximum absolute atomic E-state index is 2.33. The largest absolute Gasteiger partial charge is 0.0845 e. The Morgan fingerprint density at radius 1 is 0.824 bits per heavy atom. The van der Waals surface area contributed by atoms with Gasteiger partial charge in [0.1, 0.15) is 0 Å². The van der Waals surface area contributed by atoms with Crippen LogP contribution >= 0.6 is 0 Å². The van der Waals surface area contributed by atoms with E-state index in [1.165, 1.54) is 16.7 Å². The highest BCUT2D eigenvalue weighted by Crippen LogP contribution is 2.14. The van der Waals surface area contributed by atoms with Gasteiger partial charge in [-0.3, -0.25) is 0 Å².